The maximum Gasteiger partial charge on any atom is 0.340 e. The molecule has 0 bridgehead atoms. The molecule has 0 heterocycles. The van der Waals surface area contributed by atoms with E-state index in [1.807, 2.05) is 7.05 Å². The van der Waals surface area contributed by atoms with E-state index in [1.165, 1.54) is 0 Å². The molecule has 19 heavy (non-hydrogen) atoms. The Morgan fingerprint density at radius 3 is 2.79 bits per heavy atom. The average molecular weight is 265 g/mol. The Hall–Kier alpha value is -1.75. The molecule has 5 heteroatoms. The molecule has 0 fully saturated rings. The molecule has 5 nitrogen and oxygen atoms in total. The summed E-state index contributed by atoms with van der Waals surface area (Å²) in [4.78, 5) is 14.0. The summed E-state index contributed by atoms with van der Waals surface area (Å²) in [6, 6.07) is 5.25. The lowest BCUT2D eigenvalue weighted by Gasteiger charge is -2.17. The molecule has 0 aliphatic rings. The van der Waals surface area contributed by atoms with E-state index in [4.69, 9.17) is 10.5 Å². The lowest BCUT2D eigenvalue weighted by atomic mass is 10.1. The number of hydrogen-bond donors (Lipinski definition) is 2. The standard InChI is InChI=1S/C14H23N3O2/c1-4-17(3)10-9-16-13-11(14(18)19-5-2)7-6-8-12(13)15/h6-8,16H,4-5,9-10,15H2,1-3H3. The van der Waals surface area contributed by atoms with E-state index in [0.717, 1.165) is 19.6 Å². The second kappa shape index (κ2) is 7.63. The van der Waals surface area contributed by atoms with Gasteiger partial charge in [0.15, 0.2) is 0 Å². The van der Waals surface area contributed by atoms with Crippen molar-refractivity contribution < 1.29 is 9.53 Å². The van der Waals surface area contributed by atoms with E-state index in [-0.39, 0.29) is 5.97 Å². The minimum absolute atomic E-state index is 0.346. The lowest BCUT2D eigenvalue weighted by Crippen LogP contribution is -2.25. The van der Waals surface area contributed by atoms with Gasteiger partial charge in [-0.25, -0.2) is 4.79 Å². The Labute approximate surface area is 114 Å². The zero-order valence-electron chi connectivity index (χ0n) is 11.9. The number of ether oxygens (including phenoxy) is 1. The Morgan fingerprint density at radius 2 is 2.16 bits per heavy atom. The number of likely N-dealkylation sites (N-methyl/N-ethyl adjacent to an activating group) is 1. The summed E-state index contributed by atoms with van der Waals surface area (Å²) in [6.07, 6.45) is 0. The van der Waals surface area contributed by atoms with Crippen LogP contribution in [0.25, 0.3) is 0 Å². The quantitative estimate of drug-likeness (QED) is 0.581. The Bertz CT molecular complexity index is 421. The molecule has 3 N–H and O–H groups in total. The highest BCUT2D eigenvalue weighted by Crippen LogP contribution is 2.24. The minimum Gasteiger partial charge on any atom is -0.462 e. The molecule has 106 valence electrons. The first kappa shape index (κ1) is 15.3. The van der Waals surface area contributed by atoms with Gasteiger partial charge in [0.25, 0.3) is 0 Å². The van der Waals surface area contributed by atoms with Crippen LogP contribution in [0.4, 0.5) is 11.4 Å². The van der Waals surface area contributed by atoms with Gasteiger partial charge < -0.3 is 20.7 Å². The number of carbonyl (C=O) groups excluding carboxylic acids is 1. The topological polar surface area (TPSA) is 67.6 Å². The van der Waals surface area contributed by atoms with Crippen molar-refractivity contribution in [3.05, 3.63) is 23.8 Å². The zero-order chi connectivity index (χ0) is 14.3. The monoisotopic (exact) mass is 265 g/mol. The predicted octanol–water partition coefficient (Wildman–Crippen LogP) is 1.81. The maximum absolute atomic E-state index is 11.8. The van der Waals surface area contributed by atoms with Crippen LogP contribution in [-0.2, 0) is 4.74 Å². The molecule has 0 saturated heterocycles. The van der Waals surface area contributed by atoms with Crippen molar-refractivity contribution in [3.8, 4) is 0 Å². The number of nitrogens with zero attached hydrogens (tertiary/aromatic N) is 1. The minimum atomic E-state index is -0.346. The fraction of sp³-hybridized carbons (Fsp3) is 0.500. The van der Waals surface area contributed by atoms with Gasteiger partial charge in [-0.1, -0.05) is 13.0 Å². The van der Waals surface area contributed by atoms with Gasteiger partial charge in [0, 0.05) is 13.1 Å². The van der Waals surface area contributed by atoms with Crippen LogP contribution < -0.4 is 11.1 Å². The highest BCUT2D eigenvalue weighted by Gasteiger charge is 2.14. The van der Waals surface area contributed by atoms with Crippen molar-refractivity contribution in [2.24, 2.45) is 0 Å². The number of nitrogens with one attached hydrogen (secondary N) is 1. The lowest BCUT2D eigenvalue weighted by molar-refractivity contribution is 0.0527. The second-order valence-corrected chi connectivity index (χ2v) is 4.31. The zero-order valence-corrected chi connectivity index (χ0v) is 11.9. The number of benzene rings is 1. The number of nitrogen functional groups attached to an aromatic ring is 1. The van der Waals surface area contributed by atoms with Crippen LogP contribution in [-0.4, -0.2) is 44.2 Å². The van der Waals surface area contributed by atoms with Crippen molar-refractivity contribution in [2.75, 3.05) is 44.3 Å². The van der Waals surface area contributed by atoms with Gasteiger partial charge in [-0.15, -0.1) is 0 Å². The summed E-state index contributed by atoms with van der Waals surface area (Å²) in [6.45, 7) is 6.83. The summed E-state index contributed by atoms with van der Waals surface area (Å²) >= 11 is 0. The van der Waals surface area contributed by atoms with Crippen LogP contribution in [0.2, 0.25) is 0 Å². The first-order chi connectivity index (χ1) is 9.10. The molecular formula is C14H23N3O2. The van der Waals surface area contributed by atoms with Crippen molar-refractivity contribution in [1.82, 2.24) is 4.90 Å². The third kappa shape index (κ3) is 4.44. The van der Waals surface area contributed by atoms with E-state index in [1.54, 1.807) is 25.1 Å². The Kier molecular flexibility index (Phi) is 6.15. The molecule has 0 aromatic heterocycles. The van der Waals surface area contributed by atoms with E-state index in [9.17, 15) is 4.79 Å². The van der Waals surface area contributed by atoms with Gasteiger partial charge in [0.05, 0.1) is 23.5 Å². The number of nitrogens with two attached hydrogens (primary N) is 1. The van der Waals surface area contributed by atoms with Gasteiger partial charge in [0.1, 0.15) is 0 Å². The number of anilines is 2. The van der Waals surface area contributed by atoms with Crippen molar-refractivity contribution in [1.29, 1.82) is 0 Å². The fourth-order valence-electron chi connectivity index (χ4n) is 1.68. The highest BCUT2D eigenvalue weighted by molar-refractivity contribution is 5.98. The first-order valence-electron chi connectivity index (χ1n) is 6.58. The van der Waals surface area contributed by atoms with E-state index < -0.39 is 0 Å². The second-order valence-electron chi connectivity index (χ2n) is 4.31. The molecule has 0 atom stereocenters. The molecule has 0 spiro atoms. The third-order valence-corrected chi connectivity index (χ3v) is 2.93. The van der Waals surface area contributed by atoms with Crippen molar-refractivity contribution in [3.63, 3.8) is 0 Å². The van der Waals surface area contributed by atoms with Crippen LogP contribution in [0.1, 0.15) is 24.2 Å². The molecular weight excluding hydrogens is 242 g/mol. The number of para-hydroxylation sites is 1. The van der Waals surface area contributed by atoms with Crippen LogP contribution in [0, 0.1) is 0 Å². The van der Waals surface area contributed by atoms with Crippen LogP contribution in [0.15, 0.2) is 18.2 Å². The van der Waals surface area contributed by atoms with Crippen molar-refractivity contribution in [2.45, 2.75) is 13.8 Å². The fourth-order valence-corrected chi connectivity index (χ4v) is 1.68. The normalized spacial score (nSPS) is 10.5. The molecule has 0 unspecified atom stereocenters. The number of carbonyl (C=O) groups is 1. The number of esters is 1. The molecule has 0 aliphatic heterocycles. The third-order valence-electron chi connectivity index (χ3n) is 2.93. The molecule has 0 radical (unpaired) electrons. The summed E-state index contributed by atoms with van der Waals surface area (Å²) in [5, 5.41) is 3.22. The van der Waals surface area contributed by atoms with Gasteiger partial charge in [0.2, 0.25) is 0 Å². The average Bonchev–Trinajstić information content (AvgIpc) is 2.40. The summed E-state index contributed by atoms with van der Waals surface area (Å²) < 4.78 is 5.03. The summed E-state index contributed by atoms with van der Waals surface area (Å²) in [7, 11) is 2.04. The van der Waals surface area contributed by atoms with Crippen LogP contribution in [0.5, 0.6) is 0 Å². The molecule has 0 amide bonds. The van der Waals surface area contributed by atoms with E-state index in [2.05, 4.69) is 17.1 Å². The van der Waals surface area contributed by atoms with E-state index >= 15 is 0 Å². The maximum atomic E-state index is 11.8. The van der Waals surface area contributed by atoms with Gasteiger partial charge in [-0.2, -0.15) is 0 Å². The summed E-state index contributed by atoms with van der Waals surface area (Å²) in [5.74, 6) is -0.346. The summed E-state index contributed by atoms with van der Waals surface area (Å²) in [5.41, 5.74) is 7.63. The number of hydrogen-bond acceptors (Lipinski definition) is 5. The van der Waals surface area contributed by atoms with Gasteiger partial charge >= 0.3 is 5.97 Å². The molecule has 0 saturated carbocycles. The first-order valence-corrected chi connectivity index (χ1v) is 6.58. The smallest absolute Gasteiger partial charge is 0.340 e. The SMILES string of the molecule is CCOC(=O)c1cccc(N)c1NCCN(C)CC. The molecule has 0 aliphatic carbocycles. The van der Waals surface area contributed by atoms with Crippen molar-refractivity contribution >= 4 is 17.3 Å². The Balaban J connectivity index is 2.77. The largest absolute Gasteiger partial charge is 0.462 e. The molecule has 1 aromatic carbocycles. The highest BCUT2D eigenvalue weighted by atomic mass is 16.5. The number of rotatable bonds is 7. The van der Waals surface area contributed by atoms with Crippen LogP contribution >= 0.6 is 0 Å². The Morgan fingerprint density at radius 1 is 1.42 bits per heavy atom. The van der Waals surface area contributed by atoms with Gasteiger partial charge in [-0.05, 0) is 32.6 Å². The van der Waals surface area contributed by atoms with Crippen LogP contribution in [0.3, 0.4) is 0 Å². The predicted molar refractivity (Wildman–Crippen MR) is 78.5 cm³/mol. The van der Waals surface area contributed by atoms with E-state index in [0.29, 0.717) is 23.5 Å². The molecule has 1 rings (SSSR count). The molecule has 1 aromatic rings. The van der Waals surface area contributed by atoms with Gasteiger partial charge in [-0.3, -0.25) is 0 Å².